The number of fused-ring (bicyclic) bond motifs is 2. The zero-order valence-electron chi connectivity index (χ0n) is 67.5. The molecule has 8 rings (SSSR count). The van der Waals surface area contributed by atoms with Crippen LogP contribution in [0, 0.1) is 66.6 Å². The fourth-order valence-electron chi connectivity index (χ4n) is 17.0. The van der Waals surface area contributed by atoms with Crippen LogP contribution in [-0.4, -0.2) is 108 Å². The highest BCUT2D eigenvalue weighted by Gasteiger charge is 3.04. The van der Waals surface area contributed by atoms with Crippen LogP contribution < -0.4 is 4.74 Å². The lowest BCUT2D eigenvalue weighted by Crippen LogP contribution is -2.67. The maximum absolute atomic E-state index is 13.4. The summed E-state index contributed by atoms with van der Waals surface area (Å²) >= 11 is 0. The van der Waals surface area contributed by atoms with Gasteiger partial charge in [0.15, 0.2) is 17.8 Å². The second kappa shape index (κ2) is 44.1. The molecule has 16 nitrogen and oxygen atoms in total. The molecule has 5 aliphatic heterocycles. The van der Waals surface area contributed by atoms with Crippen molar-refractivity contribution in [2.75, 3.05) is 0 Å². The third-order valence-electron chi connectivity index (χ3n) is 22.9. The number of hydrogen-bond donors (Lipinski definition) is 6. The minimum atomic E-state index is -2.24. The molecule has 0 aromatic heterocycles. The molecule has 6 N–H and O–H groups in total. The SMILES string of the molecule is CC/C=C\C/C=C\C/C=C\C/C=C\C/C=C\C/C=C\CCC(=O)O.CC/C=C\C/C=C\C/C=C\C/C=C\C/C=C\CCCC(=O)O.C[C@@H]1C(=O)O[C@H]2[C@H](O)[C@@]34[C@H]5C[C@@H](C(C)(C)C)[C@]36[C@@H](OC(=O)[C@@H]6O)O[C@@]4(C(=O)O5)[C@@]12O.Cc1c(C)c2c(c(C)c1O)CC[C@@](C)(CCC[C@H](C)CCC[C@H](C)CCCC(C)C)O2. The van der Waals surface area contributed by atoms with Crippen molar-refractivity contribution < 1.29 is 78.3 Å². The summed E-state index contributed by atoms with van der Waals surface area (Å²) in [6, 6.07) is 0. The lowest BCUT2D eigenvalue weighted by atomic mass is 9.51. The number of carbonyl (C=O) groups is 5. The Labute approximate surface area is 642 Å². The van der Waals surface area contributed by atoms with E-state index in [0.717, 1.165) is 143 Å². The van der Waals surface area contributed by atoms with Gasteiger partial charge in [0.25, 0.3) is 0 Å². The van der Waals surface area contributed by atoms with Gasteiger partial charge in [-0.25, -0.2) is 9.59 Å². The number of carboxylic acid groups (broad SMARTS) is 2. The zero-order chi connectivity index (χ0) is 79.0. The van der Waals surface area contributed by atoms with Gasteiger partial charge in [0.05, 0.1) is 16.7 Å². The third-order valence-corrected chi connectivity index (χ3v) is 22.9. The summed E-state index contributed by atoms with van der Waals surface area (Å²) in [7, 11) is 0. The van der Waals surface area contributed by atoms with E-state index in [1.807, 2.05) is 46.8 Å². The monoisotopic (exact) mass is 1480 g/mol. The standard InChI is InChI=1S/C29H50O2.C22H32O2.C20H24O10.C20H30O2/c1-20(2)12-9-13-21(3)14-10-15-22(4)16-11-18-29(8)19-17-26-25(7)27(30)23(5)24(6)28(26)31-29;1-2-3-4-5-6-7-8-9-10-11-12-13-14-15-16-17-18-19-20-21-22(23)24;1-6-12(23)28-11-9(21)18-8-5-7(16(2,3)4)17(18)10(22)13(24)29-15(17)30-20(18,14(25)27-8)19(6,11)26;1-2-3-4-5-6-7-8-9-10-11-12-13-14-15-16-17-18-19-20(21)22/h20-22,30H,9-19H2,1-8H3;3-4,6-7,9-10,12-13,15-16,18-19H,2,5,8,11,14,17,20-21H2,1H3,(H,23,24);6-11,15,21-22,26H,5H2,1-4H3;3-4,6-7,9-10,12-13,15-16H,2,5,8,11,14,17-19H2,1H3,(H,21,22)/b;4-3-,7-6-,10-9-,13-12-,16-15-,19-18-;;4-3-,7-6-,10-9-,13-12-,16-15-/t21-,22-,29-;;6-,7+,8-,9+,10+,11+,15+,17+,18+,19-,20-;/m1.1./s1. The molecular weight excluding hydrogens is 1350 g/mol. The molecule has 0 bridgehead atoms. The van der Waals surface area contributed by atoms with E-state index in [1.54, 1.807) is 0 Å². The van der Waals surface area contributed by atoms with Crippen LogP contribution in [0.5, 0.6) is 11.5 Å². The Kier molecular flexibility index (Phi) is 37.4. The highest BCUT2D eigenvalue weighted by atomic mass is 16.8. The first-order chi connectivity index (χ1) is 50.9. The number of rotatable bonds is 39. The maximum Gasteiger partial charge on any atom is 0.343 e. The van der Waals surface area contributed by atoms with Crippen LogP contribution in [0.25, 0.3) is 0 Å². The number of allylic oxidation sites excluding steroid dienone is 22. The van der Waals surface area contributed by atoms with Crippen LogP contribution in [0.15, 0.2) is 134 Å². The minimum Gasteiger partial charge on any atom is -0.507 e. The number of hydrogen-bond acceptors (Lipinski definition) is 14. The molecule has 4 saturated heterocycles. The Balaban J connectivity index is 0.000000259. The summed E-state index contributed by atoms with van der Waals surface area (Å²) in [5, 5.41) is 62.0. The molecule has 16 heteroatoms. The first-order valence-corrected chi connectivity index (χ1v) is 40.4. The number of phenolic OH excluding ortho intramolecular Hbond substituents is 1. The Morgan fingerprint density at radius 3 is 1.48 bits per heavy atom. The largest absolute Gasteiger partial charge is 0.507 e. The van der Waals surface area contributed by atoms with E-state index in [-0.39, 0.29) is 24.9 Å². The van der Waals surface area contributed by atoms with Crippen molar-refractivity contribution in [3.63, 3.8) is 0 Å². The minimum absolute atomic E-state index is 0.0712. The molecule has 0 unspecified atom stereocenters. The normalized spacial score (nSPS) is 28.3. The molecule has 0 radical (unpaired) electrons. The number of aliphatic hydroxyl groups excluding tert-OH is 2. The first-order valence-electron chi connectivity index (χ1n) is 40.4. The first kappa shape index (κ1) is 90.8. The number of ether oxygens (including phenoxy) is 5. The van der Waals surface area contributed by atoms with Crippen LogP contribution in [0.2, 0.25) is 0 Å². The second-order valence-electron chi connectivity index (χ2n) is 32.5. The number of unbranched alkanes of at least 4 members (excludes halogenated alkanes) is 1. The van der Waals surface area contributed by atoms with Crippen molar-refractivity contribution in [3.8, 4) is 11.5 Å². The fraction of sp³-hybridized carbons (Fsp3) is 0.637. The summed E-state index contributed by atoms with van der Waals surface area (Å²) in [6.07, 6.45) is 68.0. The molecular formula is C91H136O16. The average molecular weight is 1490 g/mol. The number of aliphatic hydroxyl groups is 3. The molecule has 7 aliphatic rings. The van der Waals surface area contributed by atoms with E-state index in [1.165, 1.54) is 63.9 Å². The molecule has 2 saturated carbocycles. The number of aromatic hydroxyl groups is 1. The van der Waals surface area contributed by atoms with Crippen molar-refractivity contribution in [2.24, 2.45) is 45.8 Å². The zero-order valence-corrected chi connectivity index (χ0v) is 67.5. The van der Waals surface area contributed by atoms with Gasteiger partial charge in [-0.1, -0.05) is 241 Å². The smallest absolute Gasteiger partial charge is 0.343 e. The topological polar surface area (TPSA) is 253 Å². The van der Waals surface area contributed by atoms with Gasteiger partial charge in [-0.15, -0.1) is 0 Å². The van der Waals surface area contributed by atoms with Gasteiger partial charge in [0.1, 0.15) is 29.3 Å². The average Bonchev–Trinajstić information content (AvgIpc) is 1.42. The lowest BCUT2D eigenvalue weighted by molar-refractivity contribution is -0.239. The molecule has 107 heavy (non-hydrogen) atoms. The Bertz CT molecular complexity index is 3350. The van der Waals surface area contributed by atoms with E-state index in [9.17, 15) is 44.4 Å². The number of carboxylic acids is 2. The van der Waals surface area contributed by atoms with Gasteiger partial charge in [0.2, 0.25) is 11.9 Å². The van der Waals surface area contributed by atoms with E-state index in [2.05, 4.69) is 177 Å². The van der Waals surface area contributed by atoms with Gasteiger partial charge in [-0.05, 0) is 202 Å². The molecule has 5 heterocycles. The van der Waals surface area contributed by atoms with Gasteiger partial charge in [-0.2, -0.15) is 0 Å². The van der Waals surface area contributed by atoms with Crippen LogP contribution in [0.1, 0.15) is 272 Å². The van der Waals surface area contributed by atoms with Gasteiger partial charge in [-0.3, -0.25) is 14.4 Å². The van der Waals surface area contributed by atoms with E-state index < -0.39 is 99.8 Å². The summed E-state index contributed by atoms with van der Waals surface area (Å²) in [6.45, 7) is 29.4. The molecule has 2 aliphatic carbocycles. The lowest BCUT2D eigenvalue weighted by Gasteiger charge is -2.47. The van der Waals surface area contributed by atoms with Crippen molar-refractivity contribution in [3.05, 3.63) is 156 Å². The number of aliphatic carboxylic acids is 2. The highest BCUT2D eigenvalue weighted by molar-refractivity contribution is 5.94. The van der Waals surface area contributed by atoms with E-state index in [4.69, 9.17) is 33.9 Å². The molecule has 0 amide bonds. The summed E-state index contributed by atoms with van der Waals surface area (Å²) in [4.78, 5) is 58.9. The molecule has 6 fully saturated rings. The van der Waals surface area contributed by atoms with Crippen LogP contribution in [-0.2, 0) is 49.3 Å². The van der Waals surface area contributed by atoms with E-state index in [0.29, 0.717) is 12.2 Å². The van der Waals surface area contributed by atoms with Crippen LogP contribution >= 0.6 is 0 Å². The maximum atomic E-state index is 13.4. The van der Waals surface area contributed by atoms with Crippen molar-refractivity contribution in [1.29, 1.82) is 0 Å². The summed E-state index contributed by atoms with van der Waals surface area (Å²) in [5.41, 5.74) is -4.03. The third kappa shape index (κ3) is 23.1. The molecule has 14 atom stereocenters. The molecule has 2 spiro atoms. The number of benzene rings is 1. The number of phenols is 1. The second-order valence-corrected chi connectivity index (χ2v) is 32.5. The Morgan fingerprint density at radius 1 is 0.570 bits per heavy atom. The summed E-state index contributed by atoms with van der Waals surface area (Å²) in [5.74, 6) is -1.74. The molecule has 596 valence electrons. The van der Waals surface area contributed by atoms with Gasteiger partial charge >= 0.3 is 29.8 Å². The molecule has 1 aromatic carbocycles. The quantitative estimate of drug-likeness (QED) is 0.0155. The van der Waals surface area contributed by atoms with Crippen molar-refractivity contribution in [1.82, 2.24) is 0 Å². The van der Waals surface area contributed by atoms with Gasteiger partial charge in [0, 0.05) is 18.4 Å². The van der Waals surface area contributed by atoms with Crippen LogP contribution in [0.3, 0.4) is 0 Å². The predicted octanol–water partition coefficient (Wildman–Crippen LogP) is 20.0. The number of esters is 3. The predicted molar refractivity (Wildman–Crippen MR) is 427 cm³/mol. The van der Waals surface area contributed by atoms with Crippen molar-refractivity contribution >= 4 is 29.8 Å². The molecule has 1 aromatic rings. The van der Waals surface area contributed by atoms with Gasteiger partial charge < -0.3 is 54.3 Å². The van der Waals surface area contributed by atoms with Crippen LogP contribution in [0.4, 0.5) is 0 Å². The van der Waals surface area contributed by atoms with E-state index >= 15 is 0 Å². The number of carbonyl (C=O) groups excluding carboxylic acids is 3. The Morgan fingerprint density at radius 2 is 1.02 bits per heavy atom. The fourth-order valence-corrected chi connectivity index (χ4v) is 17.0. The highest BCUT2D eigenvalue weighted by Crippen LogP contribution is 2.84. The summed E-state index contributed by atoms with van der Waals surface area (Å²) < 4.78 is 29.1. The Hall–Kier alpha value is -6.85. The van der Waals surface area contributed by atoms with Crippen molar-refractivity contribution in [2.45, 2.75) is 324 Å².